The number of aromatic nitrogens is 3. The van der Waals surface area contributed by atoms with Crippen LogP contribution in [0.3, 0.4) is 0 Å². The largest absolute Gasteiger partial charge is 0.310 e. The molecule has 0 spiro atoms. The second kappa shape index (κ2) is 5.59. The SMILES string of the molecule is Cc1nc2c(c(=O)[nH]1)CN(Cc1ccc3ncccc3c1)CC2. The van der Waals surface area contributed by atoms with Gasteiger partial charge < -0.3 is 4.98 Å². The van der Waals surface area contributed by atoms with Gasteiger partial charge in [0, 0.05) is 37.6 Å². The van der Waals surface area contributed by atoms with E-state index in [2.05, 4.69) is 44.1 Å². The summed E-state index contributed by atoms with van der Waals surface area (Å²) in [5.41, 5.74) is 4.01. The number of hydrogen-bond donors (Lipinski definition) is 1. The summed E-state index contributed by atoms with van der Waals surface area (Å²) < 4.78 is 0. The molecular formula is C18H18N4O. The van der Waals surface area contributed by atoms with Crippen molar-refractivity contribution >= 4 is 10.9 Å². The highest BCUT2D eigenvalue weighted by Gasteiger charge is 2.20. The molecule has 1 aliphatic heterocycles. The zero-order chi connectivity index (χ0) is 15.8. The van der Waals surface area contributed by atoms with Crippen LogP contribution in [0.5, 0.6) is 0 Å². The maximum atomic E-state index is 12.1. The first kappa shape index (κ1) is 14.1. The number of nitrogens with one attached hydrogen (secondary N) is 1. The minimum absolute atomic E-state index is 0.0000820. The molecule has 116 valence electrons. The summed E-state index contributed by atoms with van der Waals surface area (Å²) in [5, 5.41) is 1.15. The lowest BCUT2D eigenvalue weighted by molar-refractivity contribution is 0.241. The van der Waals surface area contributed by atoms with E-state index >= 15 is 0 Å². The molecule has 0 fully saturated rings. The van der Waals surface area contributed by atoms with Crippen LogP contribution in [0, 0.1) is 6.92 Å². The second-order valence-electron chi connectivity index (χ2n) is 6.07. The van der Waals surface area contributed by atoms with Gasteiger partial charge in [-0.15, -0.1) is 0 Å². The molecule has 1 N–H and O–H groups in total. The van der Waals surface area contributed by atoms with Crippen LogP contribution in [-0.4, -0.2) is 26.4 Å². The third kappa shape index (κ3) is 2.75. The second-order valence-corrected chi connectivity index (χ2v) is 6.07. The Kier molecular flexibility index (Phi) is 3.42. The predicted octanol–water partition coefficient (Wildman–Crippen LogP) is 2.18. The van der Waals surface area contributed by atoms with E-state index in [1.54, 1.807) is 0 Å². The molecule has 0 unspecified atom stereocenters. The van der Waals surface area contributed by atoms with Crippen molar-refractivity contribution in [3.8, 4) is 0 Å². The zero-order valence-corrected chi connectivity index (χ0v) is 13.0. The van der Waals surface area contributed by atoms with Crippen molar-refractivity contribution in [2.75, 3.05) is 6.54 Å². The summed E-state index contributed by atoms with van der Waals surface area (Å²) in [4.78, 5) is 26.0. The molecule has 0 amide bonds. The number of pyridine rings is 1. The first-order valence-corrected chi connectivity index (χ1v) is 7.84. The quantitative estimate of drug-likeness (QED) is 0.788. The Balaban J connectivity index is 1.58. The van der Waals surface area contributed by atoms with Gasteiger partial charge in [0.25, 0.3) is 5.56 Å². The Morgan fingerprint density at radius 2 is 2.22 bits per heavy atom. The van der Waals surface area contributed by atoms with E-state index < -0.39 is 0 Å². The standard InChI is InChI=1S/C18H18N4O/c1-12-20-17-6-8-22(11-15(17)18(23)21-12)10-13-4-5-16-14(9-13)3-2-7-19-16/h2-5,7,9H,6,8,10-11H2,1H3,(H,20,21,23). The van der Waals surface area contributed by atoms with Gasteiger partial charge in [0.1, 0.15) is 5.82 Å². The van der Waals surface area contributed by atoms with Crippen molar-refractivity contribution in [1.29, 1.82) is 0 Å². The maximum Gasteiger partial charge on any atom is 0.255 e. The maximum absolute atomic E-state index is 12.1. The van der Waals surface area contributed by atoms with Crippen molar-refractivity contribution in [3.05, 3.63) is 69.5 Å². The first-order chi connectivity index (χ1) is 11.2. The van der Waals surface area contributed by atoms with E-state index in [-0.39, 0.29) is 5.56 Å². The van der Waals surface area contributed by atoms with Crippen LogP contribution in [0.1, 0.15) is 22.6 Å². The molecule has 1 aliphatic rings. The molecule has 0 radical (unpaired) electrons. The molecule has 0 bridgehead atoms. The summed E-state index contributed by atoms with van der Waals surface area (Å²) in [6.07, 6.45) is 2.64. The molecular weight excluding hydrogens is 288 g/mol. The zero-order valence-electron chi connectivity index (χ0n) is 13.0. The molecule has 0 aliphatic carbocycles. The van der Waals surface area contributed by atoms with E-state index in [0.717, 1.165) is 41.7 Å². The monoisotopic (exact) mass is 306 g/mol. The number of nitrogens with zero attached hydrogens (tertiary/aromatic N) is 3. The molecule has 5 heteroatoms. The fraction of sp³-hybridized carbons (Fsp3) is 0.278. The highest BCUT2D eigenvalue weighted by molar-refractivity contribution is 5.78. The van der Waals surface area contributed by atoms with Crippen LogP contribution in [0.2, 0.25) is 0 Å². The third-order valence-electron chi connectivity index (χ3n) is 4.34. The Labute approximate surface area is 134 Å². The highest BCUT2D eigenvalue weighted by atomic mass is 16.1. The van der Waals surface area contributed by atoms with Gasteiger partial charge in [0.05, 0.1) is 16.8 Å². The van der Waals surface area contributed by atoms with E-state index in [1.807, 2.05) is 19.2 Å². The fourth-order valence-electron chi connectivity index (χ4n) is 3.22. The molecule has 4 rings (SSSR count). The molecule has 3 heterocycles. The molecule has 0 saturated heterocycles. The summed E-state index contributed by atoms with van der Waals surface area (Å²) in [7, 11) is 0. The van der Waals surface area contributed by atoms with Crippen LogP contribution in [-0.2, 0) is 19.5 Å². The summed E-state index contributed by atoms with van der Waals surface area (Å²) in [6.45, 7) is 4.24. The number of H-pyrrole nitrogens is 1. The van der Waals surface area contributed by atoms with Crippen LogP contribution in [0.15, 0.2) is 41.3 Å². The average molecular weight is 306 g/mol. The van der Waals surface area contributed by atoms with Crippen LogP contribution >= 0.6 is 0 Å². The van der Waals surface area contributed by atoms with E-state index in [1.165, 1.54) is 5.56 Å². The number of hydrogen-bond acceptors (Lipinski definition) is 4. The summed E-state index contributed by atoms with van der Waals surface area (Å²) >= 11 is 0. The van der Waals surface area contributed by atoms with Crippen molar-refractivity contribution in [1.82, 2.24) is 19.9 Å². The van der Waals surface area contributed by atoms with Crippen molar-refractivity contribution in [3.63, 3.8) is 0 Å². The topological polar surface area (TPSA) is 61.9 Å². The third-order valence-corrected chi connectivity index (χ3v) is 4.34. The lowest BCUT2D eigenvalue weighted by atomic mass is 10.1. The van der Waals surface area contributed by atoms with Gasteiger partial charge in [0.15, 0.2) is 0 Å². The Morgan fingerprint density at radius 1 is 1.30 bits per heavy atom. The Morgan fingerprint density at radius 3 is 3.13 bits per heavy atom. The van der Waals surface area contributed by atoms with E-state index in [0.29, 0.717) is 12.4 Å². The van der Waals surface area contributed by atoms with Crippen molar-refractivity contribution in [2.24, 2.45) is 0 Å². The fourth-order valence-corrected chi connectivity index (χ4v) is 3.22. The normalized spacial score (nSPS) is 14.8. The molecule has 2 aromatic heterocycles. The van der Waals surface area contributed by atoms with Crippen LogP contribution in [0.4, 0.5) is 0 Å². The number of fused-ring (bicyclic) bond motifs is 2. The number of aryl methyl sites for hydroxylation is 1. The highest BCUT2D eigenvalue weighted by Crippen LogP contribution is 2.19. The lowest BCUT2D eigenvalue weighted by Crippen LogP contribution is -2.35. The van der Waals surface area contributed by atoms with Gasteiger partial charge in [-0.25, -0.2) is 4.98 Å². The summed E-state index contributed by atoms with van der Waals surface area (Å²) in [6, 6.07) is 10.4. The number of rotatable bonds is 2. The first-order valence-electron chi connectivity index (χ1n) is 7.84. The summed E-state index contributed by atoms with van der Waals surface area (Å²) in [5.74, 6) is 0.698. The van der Waals surface area contributed by atoms with E-state index in [9.17, 15) is 4.79 Å². The smallest absolute Gasteiger partial charge is 0.255 e. The van der Waals surface area contributed by atoms with Gasteiger partial charge in [-0.2, -0.15) is 0 Å². The minimum atomic E-state index is -0.0000820. The van der Waals surface area contributed by atoms with Gasteiger partial charge in [-0.05, 0) is 30.7 Å². The number of benzene rings is 1. The Bertz CT molecular complexity index is 932. The molecule has 0 saturated carbocycles. The van der Waals surface area contributed by atoms with Gasteiger partial charge in [0.2, 0.25) is 0 Å². The molecule has 5 nitrogen and oxygen atoms in total. The van der Waals surface area contributed by atoms with Crippen LogP contribution in [0.25, 0.3) is 10.9 Å². The van der Waals surface area contributed by atoms with Crippen LogP contribution < -0.4 is 5.56 Å². The molecule has 3 aromatic rings. The van der Waals surface area contributed by atoms with Crippen molar-refractivity contribution in [2.45, 2.75) is 26.4 Å². The van der Waals surface area contributed by atoms with Gasteiger partial charge in [-0.1, -0.05) is 12.1 Å². The predicted molar refractivity (Wildman–Crippen MR) is 89.2 cm³/mol. The van der Waals surface area contributed by atoms with Gasteiger partial charge >= 0.3 is 0 Å². The van der Waals surface area contributed by atoms with Crippen molar-refractivity contribution < 1.29 is 0 Å². The Hall–Kier alpha value is -2.53. The average Bonchev–Trinajstić information content (AvgIpc) is 2.55. The molecule has 1 aromatic carbocycles. The van der Waals surface area contributed by atoms with E-state index in [4.69, 9.17) is 0 Å². The lowest BCUT2D eigenvalue weighted by Gasteiger charge is -2.27. The van der Waals surface area contributed by atoms with Gasteiger partial charge in [-0.3, -0.25) is 14.7 Å². The molecule has 0 atom stereocenters. The minimum Gasteiger partial charge on any atom is -0.310 e. The number of aromatic amines is 1. The molecule has 23 heavy (non-hydrogen) atoms.